The van der Waals surface area contributed by atoms with Crippen LogP contribution in [0.2, 0.25) is 0 Å². The zero-order valence-electron chi connectivity index (χ0n) is 24.2. The van der Waals surface area contributed by atoms with Crippen LogP contribution in [-0.2, 0) is 17.8 Å². The topological polar surface area (TPSA) is 91.0 Å². The first-order valence-electron chi connectivity index (χ1n) is 15.1. The summed E-state index contributed by atoms with van der Waals surface area (Å²) in [6.07, 6.45) is 6.17. The summed E-state index contributed by atoms with van der Waals surface area (Å²) in [5.74, 6) is 0.0472. The largest absolute Gasteiger partial charge is 0.349 e. The fourth-order valence-corrected chi connectivity index (χ4v) is 6.01. The molecule has 4 aromatic carbocycles. The first kappa shape index (κ1) is 28.4. The molecule has 0 spiro atoms. The number of urea groups is 1. The van der Waals surface area contributed by atoms with Crippen molar-refractivity contribution in [2.24, 2.45) is 16.8 Å². The molecule has 6 rings (SSSR count). The van der Waals surface area contributed by atoms with Crippen LogP contribution in [-0.4, -0.2) is 28.7 Å². The number of hydrogen-bond acceptors (Lipinski definition) is 4. The third-order valence-electron chi connectivity index (χ3n) is 8.26. The van der Waals surface area contributed by atoms with E-state index in [-0.39, 0.29) is 11.9 Å². The van der Waals surface area contributed by atoms with E-state index < -0.39 is 6.04 Å². The smallest absolute Gasteiger partial charge is 0.325 e. The molecule has 1 saturated carbocycles. The Bertz CT molecular complexity index is 1580. The predicted molar refractivity (Wildman–Crippen MR) is 172 cm³/mol. The minimum Gasteiger partial charge on any atom is -0.325 e. The van der Waals surface area contributed by atoms with Crippen molar-refractivity contribution in [2.45, 2.75) is 51.1 Å². The lowest BCUT2D eigenvalue weighted by molar-refractivity contribution is -0.117. The maximum Gasteiger partial charge on any atom is 0.349 e. The van der Waals surface area contributed by atoms with Gasteiger partial charge in [0.05, 0.1) is 29.7 Å². The quantitative estimate of drug-likeness (QED) is 0.233. The van der Waals surface area contributed by atoms with Crippen LogP contribution in [0.5, 0.6) is 0 Å². The number of para-hydroxylation sites is 1. The molecule has 1 aliphatic heterocycles. The lowest BCUT2D eigenvalue weighted by atomic mass is 9.83. The molecule has 3 amide bonds. The van der Waals surface area contributed by atoms with Gasteiger partial charge >= 0.3 is 6.03 Å². The van der Waals surface area contributed by atoms with E-state index in [0.29, 0.717) is 30.3 Å². The summed E-state index contributed by atoms with van der Waals surface area (Å²) in [6, 6.07) is 34.2. The normalized spacial score (nSPS) is 16.2. The number of nitrogens with zero attached hydrogens (tertiary/aromatic N) is 3. The highest BCUT2D eigenvalue weighted by Crippen LogP contribution is 2.38. The van der Waals surface area contributed by atoms with Gasteiger partial charge in [0.15, 0.2) is 0 Å². The predicted octanol–water partition coefficient (Wildman–Crippen LogP) is 7.25. The molecule has 0 bridgehead atoms. The van der Waals surface area contributed by atoms with Gasteiger partial charge in [0.2, 0.25) is 5.91 Å². The zero-order valence-corrected chi connectivity index (χ0v) is 24.2. The van der Waals surface area contributed by atoms with E-state index in [1.54, 1.807) is 9.91 Å². The zero-order chi connectivity index (χ0) is 29.6. The Morgan fingerprint density at radius 2 is 1.44 bits per heavy atom. The SMILES string of the molecule is NC(Cc1ccccc1)C(=O)Nc1ccc(N2C(=O)N(Cc3ccccc3)N=C(C3CCCCC3)c3ccccc32)cc1. The summed E-state index contributed by atoms with van der Waals surface area (Å²) in [5.41, 5.74) is 12.3. The highest BCUT2D eigenvalue weighted by Gasteiger charge is 2.34. The van der Waals surface area contributed by atoms with Crippen LogP contribution in [0.25, 0.3) is 0 Å². The van der Waals surface area contributed by atoms with E-state index in [9.17, 15) is 9.59 Å². The maximum absolute atomic E-state index is 14.3. The molecule has 7 nitrogen and oxygen atoms in total. The molecule has 2 aliphatic rings. The first-order chi connectivity index (χ1) is 21.1. The van der Waals surface area contributed by atoms with Crippen molar-refractivity contribution >= 4 is 34.7 Å². The van der Waals surface area contributed by atoms with E-state index in [0.717, 1.165) is 40.9 Å². The minimum atomic E-state index is -0.678. The molecule has 1 heterocycles. The molecular weight excluding hydrogens is 534 g/mol. The minimum absolute atomic E-state index is 0.219. The number of fused-ring (bicyclic) bond motifs is 1. The van der Waals surface area contributed by atoms with E-state index >= 15 is 0 Å². The van der Waals surface area contributed by atoms with E-state index in [2.05, 4.69) is 11.4 Å². The first-order valence-corrected chi connectivity index (χ1v) is 15.1. The van der Waals surface area contributed by atoms with Gasteiger partial charge in [-0.05, 0) is 60.7 Å². The van der Waals surface area contributed by atoms with Crippen molar-refractivity contribution in [3.63, 3.8) is 0 Å². The van der Waals surface area contributed by atoms with Crippen LogP contribution < -0.4 is 16.0 Å². The molecule has 0 saturated heterocycles. The molecule has 0 radical (unpaired) electrons. The molecule has 1 aliphatic carbocycles. The lowest BCUT2D eigenvalue weighted by Gasteiger charge is -2.27. The number of nitrogens with two attached hydrogens (primary N) is 1. The lowest BCUT2D eigenvalue weighted by Crippen LogP contribution is -2.37. The Morgan fingerprint density at radius 3 is 2.14 bits per heavy atom. The summed E-state index contributed by atoms with van der Waals surface area (Å²) in [7, 11) is 0. The third-order valence-corrected chi connectivity index (χ3v) is 8.26. The number of carbonyl (C=O) groups excluding carboxylic acids is 2. The van der Waals surface area contributed by atoms with Gasteiger partial charge < -0.3 is 11.1 Å². The van der Waals surface area contributed by atoms with Crippen molar-refractivity contribution in [1.29, 1.82) is 0 Å². The average Bonchev–Trinajstić information content (AvgIpc) is 3.17. The van der Waals surface area contributed by atoms with Crippen LogP contribution in [0.15, 0.2) is 114 Å². The maximum atomic E-state index is 14.3. The Morgan fingerprint density at radius 1 is 0.814 bits per heavy atom. The molecule has 1 unspecified atom stereocenters. The molecule has 43 heavy (non-hydrogen) atoms. The summed E-state index contributed by atoms with van der Waals surface area (Å²) in [4.78, 5) is 28.9. The van der Waals surface area contributed by atoms with Crippen molar-refractivity contribution in [3.05, 3.63) is 126 Å². The molecule has 1 fully saturated rings. The second-order valence-corrected chi connectivity index (χ2v) is 11.3. The Hall–Kier alpha value is -4.75. The summed E-state index contributed by atoms with van der Waals surface area (Å²) >= 11 is 0. The Labute approximate surface area is 253 Å². The number of anilines is 3. The van der Waals surface area contributed by atoms with E-state index in [1.807, 2.05) is 103 Å². The summed E-state index contributed by atoms with van der Waals surface area (Å²) < 4.78 is 0. The van der Waals surface area contributed by atoms with Gasteiger partial charge in [-0.2, -0.15) is 5.10 Å². The Balaban J connectivity index is 1.29. The number of nitrogens with one attached hydrogen (secondary N) is 1. The second-order valence-electron chi connectivity index (χ2n) is 11.3. The van der Waals surface area contributed by atoms with Crippen LogP contribution in [0.4, 0.5) is 21.9 Å². The van der Waals surface area contributed by atoms with Crippen LogP contribution in [0.1, 0.15) is 48.8 Å². The van der Waals surface area contributed by atoms with Gasteiger partial charge in [-0.15, -0.1) is 0 Å². The van der Waals surface area contributed by atoms with Crippen molar-refractivity contribution in [3.8, 4) is 0 Å². The average molecular weight is 572 g/mol. The van der Waals surface area contributed by atoms with Gasteiger partial charge in [0, 0.05) is 17.2 Å². The van der Waals surface area contributed by atoms with E-state index in [4.69, 9.17) is 10.8 Å². The molecule has 3 N–H and O–H groups in total. The Kier molecular flexibility index (Phi) is 8.61. The molecule has 1 atom stereocenters. The highest BCUT2D eigenvalue weighted by atomic mass is 16.2. The van der Waals surface area contributed by atoms with Crippen LogP contribution in [0, 0.1) is 5.92 Å². The fraction of sp³-hybridized carbons (Fsp3) is 0.250. The van der Waals surface area contributed by atoms with Crippen LogP contribution in [0.3, 0.4) is 0 Å². The van der Waals surface area contributed by atoms with Crippen molar-refractivity contribution < 1.29 is 9.59 Å². The monoisotopic (exact) mass is 571 g/mol. The van der Waals surface area contributed by atoms with Gasteiger partial charge in [0.1, 0.15) is 0 Å². The van der Waals surface area contributed by atoms with Gasteiger partial charge in [0.25, 0.3) is 0 Å². The van der Waals surface area contributed by atoms with Crippen LogP contribution >= 0.6 is 0 Å². The van der Waals surface area contributed by atoms with E-state index in [1.165, 1.54) is 19.3 Å². The van der Waals surface area contributed by atoms with Gasteiger partial charge in [-0.3, -0.25) is 9.69 Å². The number of benzene rings is 4. The number of rotatable bonds is 8. The fourth-order valence-electron chi connectivity index (χ4n) is 6.01. The van der Waals surface area contributed by atoms with Crippen molar-refractivity contribution in [1.82, 2.24) is 5.01 Å². The number of hydrogen-bond donors (Lipinski definition) is 2. The number of carbonyl (C=O) groups is 2. The number of amides is 3. The molecule has 218 valence electrons. The third kappa shape index (κ3) is 6.52. The molecule has 0 aromatic heterocycles. The van der Waals surface area contributed by atoms with Crippen molar-refractivity contribution in [2.75, 3.05) is 10.2 Å². The molecular formula is C36H37N5O2. The number of hydrazone groups is 1. The molecule has 7 heteroatoms. The molecule has 4 aromatic rings. The van der Waals surface area contributed by atoms with Gasteiger partial charge in [-0.25, -0.2) is 9.80 Å². The standard InChI is InChI=1S/C36H37N5O2/c37-32(24-26-12-4-1-5-13-26)35(42)38-29-20-22-30(23-21-29)41-33-19-11-10-18-31(33)34(28-16-8-3-9-17-28)39-40(36(41)43)25-27-14-6-2-7-15-27/h1-2,4-7,10-15,18-23,28,32H,3,8-9,16-17,24-25,37H2,(H,38,42). The summed E-state index contributed by atoms with van der Waals surface area (Å²) in [6.45, 7) is 0.369. The highest BCUT2D eigenvalue weighted by molar-refractivity contribution is 6.13. The summed E-state index contributed by atoms with van der Waals surface area (Å²) in [5, 5.41) is 9.63. The van der Waals surface area contributed by atoms with Gasteiger partial charge in [-0.1, -0.05) is 98.1 Å². The second kappa shape index (κ2) is 13.0.